The Bertz CT molecular complexity index is 1290. The molecule has 0 fully saturated rings. The average molecular weight is 431 g/mol. The third kappa shape index (κ3) is 3.77. The molecule has 32 heavy (non-hydrogen) atoms. The van der Waals surface area contributed by atoms with Crippen molar-refractivity contribution < 1.29 is 18.7 Å². The highest BCUT2D eigenvalue weighted by molar-refractivity contribution is 6.17. The maximum Gasteiger partial charge on any atom is 0.255 e. The Morgan fingerprint density at radius 1 is 1.19 bits per heavy atom. The monoisotopic (exact) mass is 431 g/mol. The highest BCUT2D eigenvalue weighted by Crippen LogP contribution is 2.38. The summed E-state index contributed by atoms with van der Waals surface area (Å²) in [6, 6.07) is 11.1. The summed E-state index contributed by atoms with van der Waals surface area (Å²) in [5, 5.41) is 9.29. The molecule has 1 N–H and O–H groups in total. The van der Waals surface area contributed by atoms with Crippen LogP contribution in [0.4, 0.5) is 5.69 Å². The Hall–Kier alpha value is -3.87. The predicted octanol–water partition coefficient (Wildman–Crippen LogP) is 4.64. The number of fused-ring (bicyclic) bond motifs is 1. The summed E-state index contributed by atoms with van der Waals surface area (Å²) >= 11 is 0. The first-order valence-corrected chi connectivity index (χ1v) is 10.3. The van der Waals surface area contributed by atoms with Crippen LogP contribution in [0.2, 0.25) is 0 Å². The van der Waals surface area contributed by atoms with E-state index in [9.17, 15) is 9.59 Å². The molecule has 0 saturated carbocycles. The summed E-state index contributed by atoms with van der Waals surface area (Å²) in [6.07, 6.45) is 1.53. The Labute approximate surface area is 186 Å². The van der Waals surface area contributed by atoms with Crippen LogP contribution >= 0.6 is 0 Å². The molecule has 1 aliphatic rings. The summed E-state index contributed by atoms with van der Waals surface area (Å²) < 4.78 is 11.5. The number of benzene rings is 2. The van der Waals surface area contributed by atoms with Crippen molar-refractivity contribution in [3.8, 4) is 5.75 Å². The van der Waals surface area contributed by atoms with Crippen LogP contribution in [0.3, 0.4) is 0 Å². The number of ether oxygens (including phenoxy) is 1. The van der Waals surface area contributed by atoms with Crippen molar-refractivity contribution in [2.45, 2.75) is 34.1 Å². The van der Waals surface area contributed by atoms with E-state index in [2.05, 4.69) is 10.4 Å². The van der Waals surface area contributed by atoms with Gasteiger partial charge in [-0.15, -0.1) is 0 Å². The third-order valence-electron chi connectivity index (χ3n) is 5.67. The van der Waals surface area contributed by atoms with E-state index in [0.29, 0.717) is 17.3 Å². The molecular weight excluding hydrogens is 406 g/mol. The second-order valence-corrected chi connectivity index (χ2v) is 7.82. The number of amidine groups is 1. The lowest BCUT2D eigenvalue weighted by molar-refractivity contribution is -0.116. The number of carbonyl (C=O) groups excluding carboxylic acids is 2. The molecule has 3 aromatic rings. The Kier molecular flexibility index (Phi) is 5.57. The number of hydrogen-bond donors (Lipinski definition) is 1. The van der Waals surface area contributed by atoms with Gasteiger partial charge >= 0.3 is 0 Å². The van der Waals surface area contributed by atoms with Crippen molar-refractivity contribution in [1.82, 2.24) is 5.32 Å². The highest BCUT2D eigenvalue weighted by atomic mass is 16.5. The van der Waals surface area contributed by atoms with Gasteiger partial charge in [-0.05, 0) is 57.0 Å². The summed E-state index contributed by atoms with van der Waals surface area (Å²) in [5.41, 5.74) is 4.93. The molecule has 4 rings (SSSR count). The van der Waals surface area contributed by atoms with Crippen LogP contribution in [0.25, 0.3) is 16.5 Å². The van der Waals surface area contributed by atoms with Gasteiger partial charge in [-0.2, -0.15) is 10.1 Å². The summed E-state index contributed by atoms with van der Waals surface area (Å²) in [6.45, 7) is 7.73. The second-order valence-electron chi connectivity index (χ2n) is 7.82. The fraction of sp³-hybridized carbons (Fsp3) is 0.240. The summed E-state index contributed by atoms with van der Waals surface area (Å²) in [7, 11) is 1.60. The van der Waals surface area contributed by atoms with Gasteiger partial charge in [0.05, 0.1) is 19.2 Å². The zero-order valence-corrected chi connectivity index (χ0v) is 18.8. The number of anilines is 1. The van der Waals surface area contributed by atoms with E-state index in [0.717, 1.165) is 39.0 Å². The minimum absolute atomic E-state index is 0.0371. The number of amides is 2. The van der Waals surface area contributed by atoms with Crippen molar-refractivity contribution in [3.05, 3.63) is 64.9 Å². The van der Waals surface area contributed by atoms with Gasteiger partial charge in [0, 0.05) is 22.6 Å². The molecule has 0 spiro atoms. The van der Waals surface area contributed by atoms with Crippen molar-refractivity contribution in [2.24, 2.45) is 5.10 Å². The molecule has 2 heterocycles. The molecule has 0 aliphatic carbocycles. The molecule has 7 nitrogen and oxygen atoms in total. The number of nitrogens with zero attached hydrogens (tertiary/aromatic N) is 2. The number of aryl methyl sites for hydroxylation is 3. The quantitative estimate of drug-likeness (QED) is 0.610. The van der Waals surface area contributed by atoms with Gasteiger partial charge in [-0.25, -0.2) is 0 Å². The summed E-state index contributed by atoms with van der Waals surface area (Å²) in [5.74, 6) is 1.28. The van der Waals surface area contributed by atoms with E-state index in [1.807, 2.05) is 52.0 Å². The van der Waals surface area contributed by atoms with Gasteiger partial charge in [-0.1, -0.05) is 18.2 Å². The minimum atomic E-state index is -0.358. The number of methoxy groups -OCH3 is 1. The number of rotatable bonds is 4. The Morgan fingerprint density at radius 3 is 2.59 bits per heavy atom. The maximum atomic E-state index is 12.7. The number of allylic oxidation sites excluding steroid dienone is 1. The lowest BCUT2D eigenvalue weighted by Gasteiger charge is -2.13. The molecule has 1 aromatic heterocycles. The number of carbonyl (C=O) groups is 2. The standard InChI is InChI=1S/C25H25N3O4/c1-14(19-12-20-15(2)17(4)32-25(20)16(3)24(19)31-5)11-22(29)26-21-13-23(30)28(27-21)18-9-7-6-8-10-18/h6-12H,13H2,1-5H3,(H,26,27,29)/b14-11+. The van der Waals surface area contributed by atoms with E-state index in [1.165, 1.54) is 11.1 Å². The predicted molar refractivity (Wildman–Crippen MR) is 125 cm³/mol. The lowest BCUT2D eigenvalue weighted by atomic mass is 9.98. The fourth-order valence-corrected chi connectivity index (χ4v) is 3.89. The first kappa shape index (κ1) is 21.4. The van der Waals surface area contributed by atoms with E-state index in [1.54, 1.807) is 19.2 Å². The molecule has 0 atom stereocenters. The molecule has 164 valence electrons. The molecule has 2 amide bonds. The third-order valence-corrected chi connectivity index (χ3v) is 5.67. The van der Waals surface area contributed by atoms with Crippen molar-refractivity contribution >= 4 is 39.9 Å². The van der Waals surface area contributed by atoms with E-state index < -0.39 is 0 Å². The van der Waals surface area contributed by atoms with E-state index in [4.69, 9.17) is 9.15 Å². The van der Waals surface area contributed by atoms with Crippen LogP contribution in [-0.2, 0) is 9.59 Å². The minimum Gasteiger partial charge on any atom is -0.496 e. The van der Waals surface area contributed by atoms with Gasteiger partial charge in [0.1, 0.15) is 22.9 Å². The van der Waals surface area contributed by atoms with Crippen molar-refractivity contribution in [3.63, 3.8) is 0 Å². The fourth-order valence-electron chi connectivity index (χ4n) is 3.89. The van der Waals surface area contributed by atoms with Gasteiger partial charge in [0.25, 0.3) is 5.91 Å². The van der Waals surface area contributed by atoms with Gasteiger partial charge in [0.2, 0.25) is 5.91 Å². The Balaban J connectivity index is 1.61. The molecule has 7 heteroatoms. The molecule has 0 bridgehead atoms. The number of furan rings is 1. The highest BCUT2D eigenvalue weighted by Gasteiger charge is 2.26. The number of para-hydroxylation sites is 1. The van der Waals surface area contributed by atoms with E-state index >= 15 is 0 Å². The zero-order valence-electron chi connectivity index (χ0n) is 18.8. The molecule has 0 saturated heterocycles. The summed E-state index contributed by atoms with van der Waals surface area (Å²) in [4.78, 5) is 25.0. The number of hydrogen-bond acceptors (Lipinski definition) is 5. The van der Waals surface area contributed by atoms with Gasteiger partial charge < -0.3 is 14.5 Å². The van der Waals surface area contributed by atoms with Crippen LogP contribution in [-0.4, -0.2) is 24.8 Å². The van der Waals surface area contributed by atoms with Crippen LogP contribution in [0.5, 0.6) is 5.75 Å². The first-order chi connectivity index (χ1) is 15.3. The molecule has 2 aromatic carbocycles. The van der Waals surface area contributed by atoms with Crippen LogP contribution in [0.15, 0.2) is 52.0 Å². The largest absolute Gasteiger partial charge is 0.496 e. The lowest BCUT2D eigenvalue weighted by Crippen LogP contribution is -2.28. The average Bonchev–Trinajstić information content (AvgIpc) is 3.27. The molecular formula is C25H25N3O4. The van der Waals surface area contributed by atoms with Crippen molar-refractivity contribution in [2.75, 3.05) is 12.1 Å². The van der Waals surface area contributed by atoms with Crippen LogP contribution in [0, 0.1) is 20.8 Å². The molecule has 1 aliphatic heterocycles. The number of nitrogens with one attached hydrogen (secondary N) is 1. The Morgan fingerprint density at radius 2 is 1.91 bits per heavy atom. The number of hydrazone groups is 1. The molecule has 0 radical (unpaired) electrons. The second kappa shape index (κ2) is 8.34. The normalized spacial score (nSPS) is 14.2. The van der Waals surface area contributed by atoms with Gasteiger partial charge in [-0.3, -0.25) is 9.59 Å². The van der Waals surface area contributed by atoms with E-state index in [-0.39, 0.29) is 18.2 Å². The topological polar surface area (TPSA) is 84.1 Å². The zero-order chi connectivity index (χ0) is 23.0. The molecule has 0 unspecified atom stereocenters. The SMILES string of the molecule is COc1c(/C(C)=C/C(=O)NC2=NN(c3ccccc3)C(=O)C2)cc2c(C)c(C)oc2c1C. The van der Waals surface area contributed by atoms with Gasteiger partial charge in [0.15, 0.2) is 0 Å². The van der Waals surface area contributed by atoms with Crippen LogP contribution < -0.4 is 15.1 Å². The van der Waals surface area contributed by atoms with Crippen molar-refractivity contribution in [1.29, 1.82) is 0 Å². The maximum absolute atomic E-state index is 12.7. The van der Waals surface area contributed by atoms with Crippen LogP contribution in [0.1, 0.15) is 35.8 Å². The first-order valence-electron chi connectivity index (χ1n) is 10.3. The smallest absolute Gasteiger partial charge is 0.255 e.